The summed E-state index contributed by atoms with van der Waals surface area (Å²) in [7, 11) is -4.19. The van der Waals surface area contributed by atoms with Crippen LogP contribution in [0.3, 0.4) is 0 Å². The Hall–Kier alpha value is -2.02. The third kappa shape index (κ3) is 3.66. The van der Waals surface area contributed by atoms with Gasteiger partial charge in [-0.1, -0.05) is 23.2 Å². The number of hydrogen-bond donors (Lipinski definition) is 0. The fourth-order valence-electron chi connectivity index (χ4n) is 2.29. The fourth-order valence-corrected chi connectivity index (χ4v) is 3.85. The molecular formula is C17H13Cl2NO4S. The number of nitrogens with zero attached hydrogens (tertiary/aromatic N) is 1. The second-order valence-corrected chi connectivity index (χ2v) is 7.36. The number of fused-ring (bicyclic) bond motifs is 1. The van der Waals surface area contributed by atoms with Crippen LogP contribution in [0.4, 0.5) is 0 Å². The van der Waals surface area contributed by atoms with Crippen molar-refractivity contribution in [2.24, 2.45) is 0 Å². The predicted molar refractivity (Wildman–Crippen MR) is 97.2 cm³/mol. The molecular weight excluding hydrogens is 385 g/mol. The van der Waals surface area contributed by atoms with E-state index in [1.54, 1.807) is 31.2 Å². The van der Waals surface area contributed by atoms with Crippen LogP contribution in [-0.2, 0) is 10.1 Å². The number of hydrogen-bond acceptors (Lipinski definition) is 5. The van der Waals surface area contributed by atoms with E-state index in [4.69, 9.17) is 32.1 Å². The average molecular weight is 398 g/mol. The molecule has 0 bridgehead atoms. The monoisotopic (exact) mass is 397 g/mol. The lowest BCUT2D eigenvalue weighted by atomic mass is 10.2. The molecule has 3 aromatic rings. The molecule has 0 aliphatic carbocycles. The Morgan fingerprint density at radius 1 is 1.08 bits per heavy atom. The third-order valence-electron chi connectivity index (χ3n) is 3.35. The van der Waals surface area contributed by atoms with E-state index in [0.717, 1.165) is 0 Å². The maximum atomic E-state index is 12.8. The lowest BCUT2D eigenvalue weighted by Crippen LogP contribution is -2.12. The molecule has 1 aromatic heterocycles. The van der Waals surface area contributed by atoms with E-state index < -0.39 is 10.1 Å². The zero-order chi connectivity index (χ0) is 18.0. The van der Waals surface area contributed by atoms with Crippen LogP contribution in [0, 0.1) is 0 Å². The van der Waals surface area contributed by atoms with E-state index in [-0.39, 0.29) is 21.4 Å². The number of rotatable bonds is 5. The van der Waals surface area contributed by atoms with Crippen LogP contribution in [-0.4, -0.2) is 20.0 Å². The van der Waals surface area contributed by atoms with Crippen molar-refractivity contribution >= 4 is 44.2 Å². The second-order valence-electron chi connectivity index (χ2n) is 5.01. The molecule has 0 spiro atoms. The normalized spacial score (nSPS) is 11.5. The summed E-state index contributed by atoms with van der Waals surface area (Å²) < 4.78 is 36.2. The SMILES string of the molecule is CCOc1ccc(Cl)cc1S(=O)(=O)Oc1ccc(Cl)c2cccnc12. The highest BCUT2D eigenvalue weighted by Gasteiger charge is 2.24. The van der Waals surface area contributed by atoms with Crippen LogP contribution in [0.15, 0.2) is 53.6 Å². The highest BCUT2D eigenvalue weighted by Crippen LogP contribution is 2.34. The molecule has 5 nitrogen and oxygen atoms in total. The molecule has 0 aliphatic heterocycles. The van der Waals surface area contributed by atoms with Crippen molar-refractivity contribution in [2.45, 2.75) is 11.8 Å². The summed E-state index contributed by atoms with van der Waals surface area (Å²) in [6.45, 7) is 2.05. The molecule has 0 atom stereocenters. The van der Waals surface area contributed by atoms with Gasteiger partial charge in [0.1, 0.15) is 16.2 Å². The molecule has 0 saturated carbocycles. The Labute approximate surface area is 155 Å². The molecule has 130 valence electrons. The summed E-state index contributed by atoms with van der Waals surface area (Å²) in [5, 5.41) is 1.29. The minimum atomic E-state index is -4.19. The number of ether oxygens (including phenoxy) is 1. The first kappa shape index (κ1) is 17.8. The van der Waals surface area contributed by atoms with Gasteiger partial charge in [-0.3, -0.25) is 4.98 Å². The van der Waals surface area contributed by atoms with E-state index in [0.29, 0.717) is 22.5 Å². The Bertz CT molecular complexity index is 1040. The van der Waals surface area contributed by atoms with Crippen molar-refractivity contribution in [3.63, 3.8) is 0 Å². The van der Waals surface area contributed by atoms with Gasteiger partial charge in [0.05, 0.1) is 11.6 Å². The maximum absolute atomic E-state index is 12.8. The van der Waals surface area contributed by atoms with Gasteiger partial charge >= 0.3 is 10.1 Å². The van der Waals surface area contributed by atoms with Gasteiger partial charge in [-0.15, -0.1) is 0 Å². The molecule has 1 heterocycles. The fraction of sp³-hybridized carbons (Fsp3) is 0.118. The van der Waals surface area contributed by atoms with Crippen molar-refractivity contribution in [1.29, 1.82) is 0 Å². The predicted octanol–water partition coefficient (Wildman–Crippen LogP) is 4.71. The zero-order valence-corrected chi connectivity index (χ0v) is 15.4. The summed E-state index contributed by atoms with van der Waals surface area (Å²) in [6, 6.07) is 10.8. The van der Waals surface area contributed by atoms with E-state index in [9.17, 15) is 8.42 Å². The Morgan fingerprint density at radius 2 is 1.84 bits per heavy atom. The topological polar surface area (TPSA) is 65.5 Å². The van der Waals surface area contributed by atoms with Crippen LogP contribution in [0.25, 0.3) is 10.9 Å². The lowest BCUT2D eigenvalue weighted by Gasteiger charge is -2.13. The van der Waals surface area contributed by atoms with Crippen molar-refractivity contribution in [3.8, 4) is 11.5 Å². The molecule has 0 aliphatic rings. The van der Waals surface area contributed by atoms with Gasteiger partial charge < -0.3 is 8.92 Å². The minimum absolute atomic E-state index is 0.0717. The molecule has 0 amide bonds. The first-order chi connectivity index (χ1) is 11.9. The Morgan fingerprint density at radius 3 is 2.60 bits per heavy atom. The first-order valence-corrected chi connectivity index (χ1v) is 9.49. The van der Waals surface area contributed by atoms with Crippen LogP contribution < -0.4 is 8.92 Å². The second kappa shape index (κ2) is 7.07. The van der Waals surface area contributed by atoms with Gasteiger partial charge in [0.25, 0.3) is 0 Å². The molecule has 0 saturated heterocycles. The zero-order valence-electron chi connectivity index (χ0n) is 13.1. The van der Waals surface area contributed by atoms with Gasteiger partial charge in [0.2, 0.25) is 0 Å². The number of halogens is 2. The number of pyridine rings is 1. The Balaban J connectivity index is 2.09. The van der Waals surface area contributed by atoms with Crippen LogP contribution in [0.1, 0.15) is 6.92 Å². The molecule has 25 heavy (non-hydrogen) atoms. The Kier molecular flexibility index (Phi) is 5.03. The largest absolute Gasteiger partial charge is 0.492 e. The summed E-state index contributed by atoms with van der Waals surface area (Å²) in [4.78, 5) is 4.01. The molecule has 0 N–H and O–H groups in total. The molecule has 0 fully saturated rings. The molecule has 0 radical (unpaired) electrons. The number of aromatic nitrogens is 1. The molecule has 8 heteroatoms. The van der Waals surface area contributed by atoms with Crippen molar-refractivity contribution in [2.75, 3.05) is 6.61 Å². The van der Waals surface area contributed by atoms with E-state index in [2.05, 4.69) is 4.98 Å². The van der Waals surface area contributed by atoms with Crippen LogP contribution >= 0.6 is 23.2 Å². The van der Waals surface area contributed by atoms with Crippen molar-refractivity contribution in [1.82, 2.24) is 4.98 Å². The summed E-state index contributed by atoms with van der Waals surface area (Å²) in [5.74, 6) is 0.237. The summed E-state index contributed by atoms with van der Waals surface area (Å²) >= 11 is 12.1. The van der Waals surface area contributed by atoms with Crippen molar-refractivity contribution < 1.29 is 17.3 Å². The van der Waals surface area contributed by atoms with Gasteiger partial charge in [0.15, 0.2) is 5.75 Å². The molecule has 0 unspecified atom stereocenters. The average Bonchev–Trinajstić information content (AvgIpc) is 2.59. The van der Waals surface area contributed by atoms with Gasteiger partial charge in [-0.2, -0.15) is 8.42 Å². The summed E-state index contributed by atoms with van der Waals surface area (Å²) in [5.41, 5.74) is 0.346. The number of benzene rings is 2. The standard InChI is InChI=1S/C17H13Cl2NO4S/c1-2-23-14-7-5-11(18)10-16(14)25(21,22)24-15-8-6-13(19)12-4-3-9-20-17(12)15/h3-10H,2H2,1H3. The molecule has 2 aromatic carbocycles. The molecule has 3 rings (SSSR count). The first-order valence-electron chi connectivity index (χ1n) is 7.32. The highest BCUT2D eigenvalue weighted by molar-refractivity contribution is 7.87. The highest BCUT2D eigenvalue weighted by atomic mass is 35.5. The maximum Gasteiger partial charge on any atom is 0.343 e. The van der Waals surface area contributed by atoms with E-state index in [1.165, 1.54) is 24.4 Å². The van der Waals surface area contributed by atoms with E-state index >= 15 is 0 Å². The van der Waals surface area contributed by atoms with Crippen LogP contribution in [0.2, 0.25) is 10.0 Å². The van der Waals surface area contributed by atoms with Gasteiger partial charge in [0, 0.05) is 16.6 Å². The summed E-state index contributed by atoms with van der Waals surface area (Å²) in [6.07, 6.45) is 1.53. The minimum Gasteiger partial charge on any atom is -0.492 e. The van der Waals surface area contributed by atoms with Gasteiger partial charge in [-0.25, -0.2) is 0 Å². The lowest BCUT2D eigenvalue weighted by molar-refractivity contribution is 0.329. The smallest absolute Gasteiger partial charge is 0.343 e. The van der Waals surface area contributed by atoms with Gasteiger partial charge in [-0.05, 0) is 49.4 Å². The van der Waals surface area contributed by atoms with Crippen LogP contribution in [0.5, 0.6) is 11.5 Å². The van der Waals surface area contributed by atoms with Crippen molar-refractivity contribution in [3.05, 3.63) is 58.7 Å². The van der Waals surface area contributed by atoms with E-state index in [1.807, 2.05) is 0 Å². The third-order valence-corrected chi connectivity index (χ3v) is 5.18. The quantitative estimate of drug-likeness (QED) is 0.583.